The van der Waals surface area contributed by atoms with Gasteiger partial charge < -0.3 is 0 Å². The minimum Gasteiger partial charge on any atom is -0.274 e. The fourth-order valence-electron chi connectivity index (χ4n) is 2.66. The number of nitrogens with one attached hydrogen (secondary N) is 1. The number of nitrogens with zero attached hydrogens (tertiary/aromatic N) is 5. The molecular formula is C19H11F3N6OS2. The molecule has 12 heteroatoms. The van der Waals surface area contributed by atoms with Crippen LogP contribution < -0.4 is 11.0 Å². The molecular weight excluding hydrogens is 449 g/mol. The van der Waals surface area contributed by atoms with E-state index in [0.717, 1.165) is 23.9 Å². The number of rotatable bonds is 3. The van der Waals surface area contributed by atoms with Crippen LogP contribution in [0.1, 0.15) is 16.7 Å². The van der Waals surface area contributed by atoms with Crippen molar-refractivity contribution < 1.29 is 13.2 Å². The Morgan fingerprint density at radius 3 is 2.81 bits per heavy atom. The third kappa shape index (κ3) is 4.42. The second kappa shape index (κ2) is 8.44. The van der Waals surface area contributed by atoms with Crippen molar-refractivity contribution in [1.82, 2.24) is 14.8 Å². The third-order valence-electron chi connectivity index (χ3n) is 4.17. The molecule has 0 saturated carbocycles. The molecule has 0 saturated heterocycles. The summed E-state index contributed by atoms with van der Waals surface area (Å²) in [6.45, 7) is 0. The summed E-state index contributed by atoms with van der Waals surface area (Å²) in [6.07, 6.45) is -1.50. The van der Waals surface area contributed by atoms with Crippen molar-refractivity contribution in [1.29, 1.82) is 5.26 Å². The third-order valence-corrected chi connectivity index (χ3v) is 6.43. The maximum absolute atomic E-state index is 12.9. The maximum atomic E-state index is 12.9. The molecule has 0 amide bonds. The van der Waals surface area contributed by atoms with Gasteiger partial charge in [-0.15, -0.1) is 0 Å². The highest BCUT2D eigenvalue weighted by atomic mass is 32.2. The molecule has 1 N–H and O–H groups in total. The number of halogens is 3. The van der Waals surface area contributed by atoms with Crippen molar-refractivity contribution in [3.63, 3.8) is 0 Å². The van der Waals surface area contributed by atoms with E-state index in [1.54, 1.807) is 30.5 Å². The smallest absolute Gasteiger partial charge is 0.274 e. The van der Waals surface area contributed by atoms with Crippen LogP contribution in [0.5, 0.6) is 0 Å². The zero-order valence-electron chi connectivity index (χ0n) is 15.4. The van der Waals surface area contributed by atoms with Gasteiger partial charge in [0.2, 0.25) is 0 Å². The second-order valence-corrected chi connectivity index (χ2v) is 8.38. The standard InChI is InChI=1S/C19H11F3N6OS2/c20-19(21,22)13-5-4-11(12(7-13)8-23)10-30-18-27-26-14-9-25-28(17(29)16(14)31-18)15-3-1-2-6-24-15/h1-7,9,26H,10H2. The molecule has 0 bridgehead atoms. The molecule has 1 aliphatic heterocycles. The Morgan fingerprint density at radius 1 is 1.26 bits per heavy atom. The van der Waals surface area contributed by atoms with Gasteiger partial charge in [-0.1, -0.05) is 35.7 Å². The van der Waals surface area contributed by atoms with Crippen molar-refractivity contribution in [2.24, 2.45) is 5.10 Å². The minimum absolute atomic E-state index is 0.0567. The number of aromatic nitrogens is 3. The second-order valence-electron chi connectivity index (χ2n) is 6.15. The number of anilines is 1. The predicted molar refractivity (Wildman–Crippen MR) is 112 cm³/mol. The molecule has 1 aliphatic rings. The van der Waals surface area contributed by atoms with Gasteiger partial charge in [-0.2, -0.15) is 33.3 Å². The lowest BCUT2D eigenvalue weighted by Crippen LogP contribution is -2.25. The van der Waals surface area contributed by atoms with E-state index in [2.05, 4.69) is 20.6 Å². The molecule has 4 rings (SSSR count). The zero-order chi connectivity index (χ0) is 22.0. The van der Waals surface area contributed by atoms with E-state index < -0.39 is 11.7 Å². The molecule has 3 heterocycles. The van der Waals surface area contributed by atoms with Crippen molar-refractivity contribution in [3.05, 3.63) is 75.8 Å². The quantitative estimate of drug-likeness (QED) is 0.625. The molecule has 0 radical (unpaired) electrons. The van der Waals surface area contributed by atoms with Gasteiger partial charge in [0, 0.05) is 11.9 Å². The van der Waals surface area contributed by atoms with Crippen LogP contribution in [-0.2, 0) is 11.9 Å². The largest absolute Gasteiger partial charge is 0.416 e. The van der Waals surface area contributed by atoms with E-state index in [0.29, 0.717) is 26.3 Å². The maximum Gasteiger partial charge on any atom is 0.416 e. The number of hydrogen-bond acceptors (Lipinski definition) is 8. The number of fused-ring (bicyclic) bond motifs is 1. The average Bonchev–Trinajstić information content (AvgIpc) is 2.78. The summed E-state index contributed by atoms with van der Waals surface area (Å²) >= 11 is 2.32. The number of thioether (sulfide) groups is 2. The van der Waals surface area contributed by atoms with Gasteiger partial charge in [-0.3, -0.25) is 10.2 Å². The van der Waals surface area contributed by atoms with Crippen molar-refractivity contribution in [2.45, 2.75) is 16.8 Å². The van der Waals surface area contributed by atoms with Crippen LogP contribution in [0.15, 0.2) is 63.6 Å². The number of alkyl halides is 3. The molecule has 7 nitrogen and oxygen atoms in total. The fourth-order valence-corrected chi connectivity index (χ4v) is 4.61. The topological polar surface area (TPSA) is 96.0 Å². The molecule has 3 aromatic rings. The molecule has 2 aromatic heterocycles. The molecule has 0 spiro atoms. The highest BCUT2D eigenvalue weighted by Crippen LogP contribution is 2.35. The first-order valence-electron chi connectivity index (χ1n) is 8.65. The molecule has 0 unspecified atom stereocenters. The van der Waals surface area contributed by atoms with Gasteiger partial charge in [0.1, 0.15) is 4.90 Å². The summed E-state index contributed by atoms with van der Waals surface area (Å²) in [6, 6.07) is 9.97. The van der Waals surface area contributed by atoms with E-state index in [9.17, 15) is 23.2 Å². The first-order chi connectivity index (χ1) is 14.9. The lowest BCUT2D eigenvalue weighted by atomic mass is 10.1. The van der Waals surface area contributed by atoms with E-state index in [-0.39, 0.29) is 16.9 Å². The summed E-state index contributed by atoms with van der Waals surface area (Å²) in [5, 5.41) is 17.5. The van der Waals surface area contributed by atoms with E-state index >= 15 is 0 Å². The minimum atomic E-state index is -4.52. The average molecular weight is 460 g/mol. The SMILES string of the molecule is N#Cc1cc(C(F)(F)F)ccc1CSC1=NNc2cnn(-c3ccccn3)c(=O)c2S1. The van der Waals surface area contributed by atoms with Crippen LogP contribution in [0.4, 0.5) is 18.9 Å². The van der Waals surface area contributed by atoms with Crippen molar-refractivity contribution in [3.8, 4) is 11.9 Å². The monoisotopic (exact) mass is 460 g/mol. The predicted octanol–water partition coefficient (Wildman–Crippen LogP) is 4.24. The molecule has 0 atom stereocenters. The molecule has 0 aliphatic carbocycles. The number of pyridine rings is 1. The zero-order valence-corrected chi connectivity index (χ0v) is 17.1. The van der Waals surface area contributed by atoms with Gasteiger partial charge in [-0.05, 0) is 29.8 Å². The van der Waals surface area contributed by atoms with Crippen LogP contribution in [-0.4, -0.2) is 19.1 Å². The number of benzene rings is 1. The summed E-state index contributed by atoms with van der Waals surface area (Å²) in [7, 11) is 0. The Labute approximate surface area is 182 Å². The number of nitriles is 1. The van der Waals surface area contributed by atoms with Gasteiger partial charge in [0.25, 0.3) is 5.56 Å². The Bertz CT molecular complexity index is 1270. The van der Waals surface area contributed by atoms with Crippen molar-refractivity contribution in [2.75, 3.05) is 5.43 Å². The van der Waals surface area contributed by atoms with Crippen LogP contribution in [0.25, 0.3) is 5.82 Å². The van der Waals surface area contributed by atoms with Gasteiger partial charge >= 0.3 is 6.18 Å². The highest BCUT2D eigenvalue weighted by Gasteiger charge is 2.31. The first kappa shape index (κ1) is 21.0. The Balaban J connectivity index is 1.53. The molecule has 1 aromatic carbocycles. The molecule has 156 valence electrons. The lowest BCUT2D eigenvalue weighted by Gasteiger charge is -2.16. The Kier molecular flexibility index (Phi) is 5.71. The Hall–Kier alpha value is -3.30. The van der Waals surface area contributed by atoms with E-state index in [1.165, 1.54) is 28.7 Å². The summed E-state index contributed by atoms with van der Waals surface area (Å²) in [4.78, 5) is 17.3. The first-order valence-corrected chi connectivity index (χ1v) is 10.5. The van der Waals surface area contributed by atoms with Gasteiger partial charge in [-0.25, -0.2) is 4.98 Å². The normalized spacial score (nSPS) is 13.0. The molecule has 0 fully saturated rings. The van der Waals surface area contributed by atoms with Crippen LogP contribution >= 0.6 is 23.5 Å². The Morgan fingerprint density at radius 2 is 2.10 bits per heavy atom. The van der Waals surface area contributed by atoms with Crippen LogP contribution in [0, 0.1) is 11.3 Å². The van der Waals surface area contributed by atoms with Gasteiger partial charge in [0.05, 0.1) is 29.1 Å². The van der Waals surface area contributed by atoms with E-state index in [4.69, 9.17) is 0 Å². The van der Waals surface area contributed by atoms with Crippen LogP contribution in [0.2, 0.25) is 0 Å². The summed E-state index contributed by atoms with van der Waals surface area (Å²) in [5.74, 6) is 0.583. The molecule has 31 heavy (non-hydrogen) atoms. The van der Waals surface area contributed by atoms with Crippen LogP contribution in [0.3, 0.4) is 0 Å². The summed E-state index contributed by atoms with van der Waals surface area (Å²) < 4.78 is 40.2. The van der Waals surface area contributed by atoms with Gasteiger partial charge in [0.15, 0.2) is 10.2 Å². The highest BCUT2D eigenvalue weighted by molar-refractivity contribution is 8.38. The fraction of sp³-hybridized carbons (Fsp3) is 0.105. The lowest BCUT2D eigenvalue weighted by molar-refractivity contribution is -0.137. The van der Waals surface area contributed by atoms with Crippen molar-refractivity contribution >= 4 is 33.6 Å². The van der Waals surface area contributed by atoms with E-state index in [1.807, 2.05) is 0 Å². The summed E-state index contributed by atoms with van der Waals surface area (Å²) in [5.41, 5.74) is 2.33. The number of hydrogen-bond donors (Lipinski definition) is 1. The number of hydrazone groups is 1.